The lowest BCUT2D eigenvalue weighted by Gasteiger charge is -2.12. The summed E-state index contributed by atoms with van der Waals surface area (Å²) in [6, 6.07) is 11.8. The standard InChI is InChI=1S/C19H22ClNO2/c1-4-15-5-7-16(8-6-15)23-10-9-18(22)21-19-14(3)11-13(2)12-17(19)20/h5-8,11-12H,4,9-10H2,1-3H3,(H,21,22). The number of hydrogen-bond acceptors (Lipinski definition) is 2. The first-order chi connectivity index (χ1) is 11.0. The minimum absolute atomic E-state index is 0.107. The van der Waals surface area contributed by atoms with E-state index in [-0.39, 0.29) is 12.3 Å². The summed E-state index contributed by atoms with van der Waals surface area (Å²) < 4.78 is 5.60. The van der Waals surface area contributed by atoms with Crippen molar-refractivity contribution in [3.8, 4) is 5.75 Å². The van der Waals surface area contributed by atoms with Crippen molar-refractivity contribution in [2.45, 2.75) is 33.6 Å². The number of halogens is 1. The fourth-order valence-electron chi connectivity index (χ4n) is 2.36. The van der Waals surface area contributed by atoms with E-state index in [1.54, 1.807) is 0 Å². The number of ether oxygens (including phenoxy) is 1. The van der Waals surface area contributed by atoms with Gasteiger partial charge in [0.05, 0.1) is 23.7 Å². The second kappa shape index (κ2) is 8.02. The van der Waals surface area contributed by atoms with Crippen LogP contribution in [0.3, 0.4) is 0 Å². The number of nitrogens with one attached hydrogen (secondary N) is 1. The first-order valence-corrected chi connectivity index (χ1v) is 8.15. The fourth-order valence-corrected chi connectivity index (χ4v) is 2.73. The third kappa shape index (κ3) is 5.00. The molecule has 0 atom stereocenters. The Hall–Kier alpha value is -2.00. The smallest absolute Gasteiger partial charge is 0.227 e. The largest absolute Gasteiger partial charge is 0.493 e. The second-order valence-electron chi connectivity index (χ2n) is 5.58. The van der Waals surface area contributed by atoms with Crippen LogP contribution >= 0.6 is 11.6 Å². The fraction of sp³-hybridized carbons (Fsp3) is 0.316. The molecule has 0 aliphatic carbocycles. The van der Waals surface area contributed by atoms with Crippen molar-refractivity contribution < 1.29 is 9.53 Å². The van der Waals surface area contributed by atoms with Gasteiger partial charge in [-0.15, -0.1) is 0 Å². The Morgan fingerprint density at radius 3 is 2.48 bits per heavy atom. The highest BCUT2D eigenvalue weighted by atomic mass is 35.5. The van der Waals surface area contributed by atoms with Crippen molar-refractivity contribution in [2.75, 3.05) is 11.9 Å². The highest BCUT2D eigenvalue weighted by Gasteiger charge is 2.09. The van der Waals surface area contributed by atoms with Crippen LogP contribution in [0.4, 0.5) is 5.69 Å². The SMILES string of the molecule is CCc1ccc(OCCC(=O)Nc2c(C)cc(C)cc2Cl)cc1. The third-order valence-electron chi connectivity index (χ3n) is 3.63. The molecule has 0 heterocycles. The lowest BCUT2D eigenvalue weighted by molar-refractivity contribution is -0.116. The lowest BCUT2D eigenvalue weighted by atomic mass is 10.1. The summed E-state index contributed by atoms with van der Waals surface area (Å²) in [5, 5.41) is 3.42. The molecule has 0 aliphatic rings. The lowest BCUT2D eigenvalue weighted by Crippen LogP contribution is -2.16. The molecule has 0 aromatic heterocycles. The van der Waals surface area contributed by atoms with Gasteiger partial charge in [0.1, 0.15) is 5.75 Å². The molecule has 122 valence electrons. The summed E-state index contributed by atoms with van der Waals surface area (Å²) >= 11 is 6.19. The zero-order valence-electron chi connectivity index (χ0n) is 13.8. The molecule has 3 nitrogen and oxygen atoms in total. The van der Waals surface area contributed by atoms with Gasteiger partial charge in [-0.3, -0.25) is 4.79 Å². The Bertz CT molecular complexity index is 657. The monoisotopic (exact) mass is 331 g/mol. The summed E-state index contributed by atoms with van der Waals surface area (Å²) in [6.45, 7) is 6.35. The van der Waals surface area contributed by atoms with Crippen LogP contribution in [0.5, 0.6) is 5.75 Å². The van der Waals surface area contributed by atoms with Gasteiger partial charge in [-0.05, 0) is 55.2 Å². The number of carbonyl (C=O) groups is 1. The number of anilines is 1. The van der Waals surface area contributed by atoms with Crippen LogP contribution in [0.25, 0.3) is 0 Å². The van der Waals surface area contributed by atoms with E-state index < -0.39 is 0 Å². The van der Waals surface area contributed by atoms with Crippen LogP contribution < -0.4 is 10.1 Å². The van der Waals surface area contributed by atoms with Gasteiger partial charge in [-0.25, -0.2) is 0 Å². The normalized spacial score (nSPS) is 10.4. The molecular weight excluding hydrogens is 310 g/mol. The maximum Gasteiger partial charge on any atom is 0.227 e. The van der Waals surface area contributed by atoms with Crippen LogP contribution in [0, 0.1) is 13.8 Å². The van der Waals surface area contributed by atoms with Gasteiger partial charge < -0.3 is 10.1 Å². The van der Waals surface area contributed by atoms with Crippen LogP contribution in [-0.2, 0) is 11.2 Å². The van der Waals surface area contributed by atoms with Gasteiger partial charge in [0.2, 0.25) is 5.91 Å². The van der Waals surface area contributed by atoms with E-state index in [0.29, 0.717) is 17.3 Å². The third-order valence-corrected chi connectivity index (χ3v) is 3.92. The Kier molecular flexibility index (Phi) is 6.05. The Labute approximate surface area is 142 Å². The van der Waals surface area contributed by atoms with Crippen molar-refractivity contribution in [1.29, 1.82) is 0 Å². The quantitative estimate of drug-likeness (QED) is 0.815. The van der Waals surface area contributed by atoms with E-state index in [9.17, 15) is 4.79 Å². The van der Waals surface area contributed by atoms with E-state index in [1.807, 2.05) is 50.2 Å². The van der Waals surface area contributed by atoms with Crippen molar-refractivity contribution in [3.05, 3.63) is 58.1 Å². The van der Waals surface area contributed by atoms with Gasteiger partial charge in [0.25, 0.3) is 0 Å². The molecule has 4 heteroatoms. The minimum atomic E-state index is -0.107. The molecule has 0 saturated heterocycles. The van der Waals surface area contributed by atoms with E-state index >= 15 is 0 Å². The second-order valence-corrected chi connectivity index (χ2v) is 5.99. The molecule has 0 unspecified atom stereocenters. The summed E-state index contributed by atoms with van der Waals surface area (Å²) in [7, 11) is 0. The molecule has 2 aromatic carbocycles. The molecule has 0 bridgehead atoms. The highest BCUT2D eigenvalue weighted by molar-refractivity contribution is 6.34. The topological polar surface area (TPSA) is 38.3 Å². The average molecular weight is 332 g/mol. The molecule has 2 rings (SSSR count). The maximum absolute atomic E-state index is 12.0. The van der Waals surface area contributed by atoms with Gasteiger partial charge in [-0.1, -0.05) is 36.7 Å². The highest BCUT2D eigenvalue weighted by Crippen LogP contribution is 2.27. The predicted molar refractivity (Wildman–Crippen MR) is 95.5 cm³/mol. The number of hydrogen-bond donors (Lipinski definition) is 1. The Morgan fingerprint density at radius 1 is 1.17 bits per heavy atom. The van der Waals surface area contributed by atoms with Crippen molar-refractivity contribution in [2.24, 2.45) is 0 Å². The van der Waals surface area contributed by atoms with Gasteiger partial charge in [0, 0.05) is 0 Å². The molecule has 1 N–H and O–H groups in total. The zero-order chi connectivity index (χ0) is 16.8. The molecule has 0 aliphatic heterocycles. The van der Waals surface area contributed by atoms with Crippen molar-refractivity contribution in [3.63, 3.8) is 0 Å². The minimum Gasteiger partial charge on any atom is -0.493 e. The molecule has 23 heavy (non-hydrogen) atoms. The summed E-state index contributed by atoms with van der Waals surface area (Å²) in [6.07, 6.45) is 1.28. The zero-order valence-corrected chi connectivity index (χ0v) is 14.5. The number of amides is 1. The average Bonchev–Trinajstić information content (AvgIpc) is 2.51. The summed E-state index contributed by atoms with van der Waals surface area (Å²) in [5.74, 6) is 0.670. The summed E-state index contributed by atoms with van der Waals surface area (Å²) in [5.41, 5.74) is 3.97. The molecule has 0 spiro atoms. The molecule has 0 radical (unpaired) electrons. The van der Waals surface area contributed by atoms with Gasteiger partial charge in [-0.2, -0.15) is 0 Å². The Morgan fingerprint density at radius 2 is 1.87 bits per heavy atom. The number of benzene rings is 2. The Balaban J connectivity index is 1.85. The van der Waals surface area contributed by atoms with Crippen molar-refractivity contribution in [1.82, 2.24) is 0 Å². The van der Waals surface area contributed by atoms with E-state index in [4.69, 9.17) is 16.3 Å². The van der Waals surface area contributed by atoms with E-state index in [0.717, 1.165) is 23.3 Å². The first-order valence-electron chi connectivity index (χ1n) is 7.78. The van der Waals surface area contributed by atoms with Crippen LogP contribution in [0.2, 0.25) is 5.02 Å². The van der Waals surface area contributed by atoms with Crippen LogP contribution in [-0.4, -0.2) is 12.5 Å². The van der Waals surface area contributed by atoms with Crippen LogP contribution in [0.15, 0.2) is 36.4 Å². The van der Waals surface area contributed by atoms with E-state index in [1.165, 1.54) is 5.56 Å². The first kappa shape index (κ1) is 17.4. The molecule has 1 amide bonds. The molecule has 2 aromatic rings. The van der Waals surface area contributed by atoms with Crippen molar-refractivity contribution >= 4 is 23.2 Å². The number of carbonyl (C=O) groups excluding carboxylic acids is 1. The molecule has 0 fully saturated rings. The summed E-state index contributed by atoms with van der Waals surface area (Å²) in [4.78, 5) is 12.0. The van der Waals surface area contributed by atoms with Crippen LogP contribution in [0.1, 0.15) is 30.0 Å². The van der Waals surface area contributed by atoms with E-state index in [2.05, 4.69) is 12.2 Å². The number of aryl methyl sites for hydroxylation is 3. The molecule has 0 saturated carbocycles. The number of rotatable bonds is 6. The maximum atomic E-state index is 12.0. The van der Waals surface area contributed by atoms with Gasteiger partial charge in [0.15, 0.2) is 0 Å². The predicted octanol–water partition coefficient (Wildman–Crippen LogP) is 4.93. The molecular formula is C19H22ClNO2. The van der Waals surface area contributed by atoms with Gasteiger partial charge >= 0.3 is 0 Å².